The molecule has 1 unspecified atom stereocenters. The van der Waals surface area contributed by atoms with Crippen LogP contribution in [0.4, 0.5) is 5.69 Å². The van der Waals surface area contributed by atoms with Crippen molar-refractivity contribution in [3.05, 3.63) is 33.3 Å². The Bertz CT molecular complexity index is 493. The summed E-state index contributed by atoms with van der Waals surface area (Å²) in [5.74, 6) is -0.284. The van der Waals surface area contributed by atoms with Crippen LogP contribution >= 0.6 is 11.6 Å². The van der Waals surface area contributed by atoms with Gasteiger partial charge in [-0.2, -0.15) is 0 Å². The number of nitrogens with zero attached hydrogens (tertiary/aromatic N) is 1. The van der Waals surface area contributed by atoms with Crippen molar-refractivity contribution in [1.29, 1.82) is 0 Å². The van der Waals surface area contributed by atoms with Crippen molar-refractivity contribution < 1.29 is 14.5 Å². The van der Waals surface area contributed by atoms with E-state index < -0.39 is 4.92 Å². The molecule has 0 radical (unpaired) electrons. The third-order valence-electron chi connectivity index (χ3n) is 2.61. The number of halogens is 1. The van der Waals surface area contributed by atoms with Crippen LogP contribution in [0.5, 0.6) is 5.75 Å². The largest absolute Gasteiger partial charge is 0.477 e. The third kappa shape index (κ3) is 5.05. The van der Waals surface area contributed by atoms with Gasteiger partial charge in [-0.25, -0.2) is 0 Å². The molecular weight excluding hydrogens is 284 g/mol. The van der Waals surface area contributed by atoms with Crippen molar-refractivity contribution in [1.82, 2.24) is 5.32 Å². The molecule has 0 aromatic heterocycles. The number of benzene rings is 1. The van der Waals surface area contributed by atoms with Gasteiger partial charge in [0.2, 0.25) is 0 Å². The molecule has 1 N–H and O–H groups in total. The van der Waals surface area contributed by atoms with E-state index in [9.17, 15) is 14.9 Å². The number of nitro benzene ring substituents is 1. The molecule has 1 rings (SSSR count). The summed E-state index contributed by atoms with van der Waals surface area (Å²) in [6, 6.07) is 4.09. The van der Waals surface area contributed by atoms with Gasteiger partial charge in [-0.05, 0) is 25.5 Å². The lowest BCUT2D eigenvalue weighted by molar-refractivity contribution is -0.385. The van der Waals surface area contributed by atoms with Crippen LogP contribution in [0, 0.1) is 10.1 Å². The van der Waals surface area contributed by atoms with Gasteiger partial charge in [0.1, 0.15) is 0 Å². The molecule has 0 spiro atoms. The fourth-order valence-corrected chi connectivity index (χ4v) is 1.89. The number of carbonyl (C=O) groups excluding carboxylic acids is 1. The highest BCUT2D eigenvalue weighted by molar-refractivity contribution is 6.30. The second kappa shape index (κ2) is 7.69. The maximum Gasteiger partial charge on any atom is 0.312 e. The van der Waals surface area contributed by atoms with Gasteiger partial charge in [-0.3, -0.25) is 14.9 Å². The molecule has 0 fully saturated rings. The van der Waals surface area contributed by atoms with Gasteiger partial charge in [0.05, 0.1) is 4.92 Å². The molecule has 1 aromatic rings. The first-order valence-corrected chi connectivity index (χ1v) is 6.68. The fraction of sp³-hybridized carbons (Fsp3) is 0.462. The summed E-state index contributed by atoms with van der Waals surface area (Å²) in [5.41, 5.74) is -0.257. The van der Waals surface area contributed by atoms with Crippen molar-refractivity contribution in [3.63, 3.8) is 0 Å². The maximum absolute atomic E-state index is 11.6. The topological polar surface area (TPSA) is 81.5 Å². The second-order valence-corrected chi connectivity index (χ2v) is 4.85. The number of ether oxygens (including phenoxy) is 1. The highest BCUT2D eigenvalue weighted by Crippen LogP contribution is 2.29. The minimum Gasteiger partial charge on any atom is -0.477 e. The molecule has 0 aliphatic rings. The Labute approximate surface area is 122 Å². The molecule has 0 bridgehead atoms. The van der Waals surface area contributed by atoms with E-state index in [-0.39, 0.29) is 35.0 Å². The van der Waals surface area contributed by atoms with Gasteiger partial charge in [0.15, 0.2) is 12.4 Å². The molecule has 1 atom stereocenters. The van der Waals surface area contributed by atoms with Crippen LogP contribution in [0.1, 0.15) is 26.7 Å². The van der Waals surface area contributed by atoms with E-state index in [0.717, 1.165) is 12.8 Å². The summed E-state index contributed by atoms with van der Waals surface area (Å²) >= 11 is 5.69. The van der Waals surface area contributed by atoms with Gasteiger partial charge in [0, 0.05) is 17.1 Å². The first kappa shape index (κ1) is 16.2. The third-order valence-corrected chi connectivity index (χ3v) is 2.84. The van der Waals surface area contributed by atoms with E-state index >= 15 is 0 Å². The SMILES string of the molecule is CCCC(C)NC(=O)COc1ccc(Cl)cc1[N+](=O)[O-]. The molecule has 1 amide bonds. The zero-order valence-corrected chi connectivity index (χ0v) is 12.1. The van der Waals surface area contributed by atoms with Crippen LogP contribution in [-0.4, -0.2) is 23.5 Å². The monoisotopic (exact) mass is 300 g/mol. The molecular formula is C13H17ClN2O4. The van der Waals surface area contributed by atoms with Crippen molar-refractivity contribution in [2.45, 2.75) is 32.7 Å². The number of amides is 1. The van der Waals surface area contributed by atoms with Crippen molar-refractivity contribution >= 4 is 23.2 Å². The number of carbonyl (C=O) groups is 1. The summed E-state index contributed by atoms with van der Waals surface area (Å²) in [4.78, 5) is 21.9. The lowest BCUT2D eigenvalue weighted by atomic mass is 10.2. The molecule has 0 saturated carbocycles. The number of nitrogens with one attached hydrogen (secondary N) is 1. The predicted molar refractivity (Wildman–Crippen MR) is 76.1 cm³/mol. The summed E-state index contributed by atoms with van der Waals surface area (Å²) in [7, 11) is 0. The van der Waals surface area contributed by atoms with Crippen LogP contribution in [0.15, 0.2) is 18.2 Å². The van der Waals surface area contributed by atoms with Crippen LogP contribution in [0.3, 0.4) is 0 Å². The minimum atomic E-state index is -0.598. The number of rotatable bonds is 7. The van der Waals surface area contributed by atoms with Crippen molar-refractivity contribution in [2.75, 3.05) is 6.61 Å². The zero-order chi connectivity index (χ0) is 15.1. The zero-order valence-electron chi connectivity index (χ0n) is 11.4. The molecule has 0 aliphatic heterocycles. The van der Waals surface area contributed by atoms with Gasteiger partial charge in [-0.15, -0.1) is 0 Å². The normalized spacial score (nSPS) is 11.8. The summed E-state index contributed by atoms with van der Waals surface area (Å²) < 4.78 is 5.18. The Kier molecular flexibility index (Phi) is 6.24. The van der Waals surface area contributed by atoms with E-state index in [1.165, 1.54) is 18.2 Å². The highest BCUT2D eigenvalue weighted by atomic mass is 35.5. The molecule has 0 saturated heterocycles. The smallest absolute Gasteiger partial charge is 0.312 e. The van der Waals surface area contributed by atoms with Gasteiger partial charge >= 0.3 is 5.69 Å². The highest BCUT2D eigenvalue weighted by Gasteiger charge is 2.17. The number of hydrogen-bond acceptors (Lipinski definition) is 4. The van der Waals surface area contributed by atoms with Crippen LogP contribution in [-0.2, 0) is 4.79 Å². The Morgan fingerprint density at radius 2 is 2.25 bits per heavy atom. The van der Waals surface area contributed by atoms with E-state index in [1.807, 2.05) is 13.8 Å². The minimum absolute atomic E-state index is 0.0256. The van der Waals surface area contributed by atoms with Crippen LogP contribution in [0.2, 0.25) is 5.02 Å². The van der Waals surface area contributed by atoms with Crippen molar-refractivity contribution in [3.8, 4) is 5.75 Å². The summed E-state index contributed by atoms with van der Waals surface area (Å²) in [6.45, 7) is 3.65. The number of nitro groups is 1. The molecule has 1 aromatic carbocycles. The first-order valence-electron chi connectivity index (χ1n) is 6.30. The standard InChI is InChI=1S/C13H17ClN2O4/c1-3-4-9(2)15-13(17)8-20-12-6-5-10(14)7-11(12)16(18)19/h5-7,9H,3-4,8H2,1-2H3,(H,15,17). The maximum atomic E-state index is 11.6. The lowest BCUT2D eigenvalue weighted by Crippen LogP contribution is -2.36. The van der Waals surface area contributed by atoms with E-state index in [0.29, 0.717) is 0 Å². The Morgan fingerprint density at radius 1 is 1.55 bits per heavy atom. The Morgan fingerprint density at radius 3 is 2.85 bits per heavy atom. The van der Waals surface area contributed by atoms with E-state index in [4.69, 9.17) is 16.3 Å². The van der Waals surface area contributed by atoms with Crippen LogP contribution < -0.4 is 10.1 Å². The molecule has 110 valence electrons. The van der Waals surface area contributed by atoms with Gasteiger partial charge < -0.3 is 10.1 Å². The molecule has 7 heteroatoms. The Hall–Kier alpha value is -1.82. The number of hydrogen-bond donors (Lipinski definition) is 1. The summed E-state index contributed by atoms with van der Waals surface area (Å²) in [5, 5.41) is 13.8. The molecule has 6 nitrogen and oxygen atoms in total. The molecule has 20 heavy (non-hydrogen) atoms. The molecule has 0 aliphatic carbocycles. The quantitative estimate of drug-likeness (QED) is 0.620. The van der Waals surface area contributed by atoms with Crippen molar-refractivity contribution in [2.24, 2.45) is 0 Å². The van der Waals surface area contributed by atoms with E-state index in [2.05, 4.69) is 5.32 Å². The lowest BCUT2D eigenvalue weighted by Gasteiger charge is -2.13. The average molecular weight is 301 g/mol. The fourth-order valence-electron chi connectivity index (χ4n) is 1.72. The first-order chi connectivity index (χ1) is 9.43. The van der Waals surface area contributed by atoms with Crippen LogP contribution in [0.25, 0.3) is 0 Å². The molecule has 0 heterocycles. The second-order valence-electron chi connectivity index (χ2n) is 4.42. The van der Waals surface area contributed by atoms with Gasteiger partial charge in [-0.1, -0.05) is 24.9 Å². The summed E-state index contributed by atoms with van der Waals surface area (Å²) in [6.07, 6.45) is 1.83. The van der Waals surface area contributed by atoms with E-state index in [1.54, 1.807) is 0 Å². The van der Waals surface area contributed by atoms with Gasteiger partial charge in [0.25, 0.3) is 5.91 Å². The predicted octanol–water partition coefficient (Wildman–Crippen LogP) is 2.93. The average Bonchev–Trinajstić information content (AvgIpc) is 2.37. The Balaban J connectivity index is 2.61.